The van der Waals surface area contributed by atoms with Crippen LogP contribution in [0.3, 0.4) is 0 Å². The summed E-state index contributed by atoms with van der Waals surface area (Å²) in [5.41, 5.74) is 3.29. The second-order valence-corrected chi connectivity index (χ2v) is 11.1. The lowest BCUT2D eigenvalue weighted by Gasteiger charge is -2.26. The lowest BCUT2D eigenvalue weighted by Crippen LogP contribution is -2.37. The molecule has 0 saturated carbocycles. The van der Waals surface area contributed by atoms with Gasteiger partial charge in [0, 0.05) is 56.6 Å². The summed E-state index contributed by atoms with van der Waals surface area (Å²) >= 11 is 1.86. The van der Waals surface area contributed by atoms with Crippen LogP contribution < -0.4 is 10.1 Å². The van der Waals surface area contributed by atoms with Crippen molar-refractivity contribution in [3.8, 4) is 11.5 Å². The molecule has 2 fully saturated rings. The van der Waals surface area contributed by atoms with Gasteiger partial charge in [0.2, 0.25) is 0 Å². The van der Waals surface area contributed by atoms with E-state index in [4.69, 9.17) is 19.2 Å². The Kier molecular flexibility index (Phi) is 7.97. The Labute approximate surface area is 223 Å². The van der Waals surface area contributed by atoms with Gasteiger partial charge in [-0.2, -0.15) is 0 Å². The van der Waals surface area contributed by atoms with Gasteiger partial charge >= 0.3 is 0 Å². The number of ether oxygens (including phenoxy) is 3. The third-order valence-corrected chi connectivity index (χ3v) is 8.58. The molecule has 7 nitrogen and oxygen atoms in total. The van der Waals surface area contributed by atoms with Crippen molar-refractivity contribution in [2.75, 3.05) is 63.7 Å². The molecule has 37 heavy (non-hydrogen) atoms. The molecule has 0 unspecified atom stereocenters. The summed E-state index contributed by atoms with van der Waals surface area (Å²) < 4.78 is 17.3. The molecule has 1 atom stereocenters. The molecule has 0 aliphatic carbocycles. The minimum Gasteiger partial charge on any atom is -0.457 e. The fourth-order valence-electron chi connectivity index (χ4n) is 5.23. The molecule has 1 aromatic heterocycles. The van der Waals surface area contributed by atoms with Crippen molar-refractivity contribution in [1.82, 2.24) is 9.88 Å². The highest BCUT2D eigenvalue weighted by atomic mass is 32.2. The topological polar surface area (TPSA) is 71.1 Å². The number of anilines is 1. The van der Waals surface area contributed by atoms with Gasteiger partial charge in [0.25, 0.3) is 0 Å². The van der Waals surface area contributed by atoms with E-state index in [1.807, 2.05) is 42.1 Å². The number of rotatable bonds is 9. The van der Waals surface area contributed by atoms with Crippen molar-refractivity contribution in [3.63, 3.8) is 0 Å². The number of fused-ring (bicyclic) bond motifs is 1. The van der Waals surface area contributed by atoms with Gasteiger partial charge in [0.1, 0.15) is 16.5 Å². The van der Waals surface area contributed by atoms with Crippen LogP contribution in [0.25, 0.3) is 10.9 Å². The van der Waals surface area contributed by atoms with Crippen LogP contribution in [0.15, 0.2) is 53.5 Å². The first kappa shape index (κ1) is 24.8. The number of aliphatic imine (C=N–C) groups is 1. The van der Waals surface area contributed by atoms with E-state index < -0.39 is 0 Å². The molecule has 3 aliphatic rings. The number of nitrogens with one attached hydrogen (secondary N) is 2. The number of morpholine rings is 1. The van der Waals surface area contributed by atoms with Gasteiger partial charge in [-0.05, 0) is 49.4 Å². The Morgan fingerprint density at radius 1 is 1.00 bits per heavy atom. The summed E-state index contributed by atoms with van der Waals surface area (Å²) in [5, 5.41) is 5.98. The molecular weight excluding hydrogens is 484 g/mol. The average molecular weight is 521 g/mol. The van der Waals surface area contributed by atoms with Crippen molar-refractivity contribution in [2.45, 2.75) is 25.3 Å². The maximum atomic E-state index is 6.24. The highest BCUT2D eigenvalue weighted by Gasteiger charge is 2.23. The first-order valence-electron chi connectivity index (χ1n) is 13.5. The SMILES string of the molecule is c1ccc(Oc2cc(NCC3CCOCC3)c3[nH]c(C4=N[C@@H](CCN5CCOCC5)CS4)cc3c2)cc1. The first-order valence-corrected chi connectivity index (χ1v) is 14.5. The Morgan fingerprint density at radius 3 is 2.65 bits per heavy atom. The van der Waals surface area contributed by atoms with Crippen LogP contribution >= 0.6 is 11.8 Å². The molecule has 6 rings (SSSR count). The molecule has 196 valence electrons. The monoisotopic (exact) mass is 520 g/mol. The van der Waals surface area contributed by atoms with Crippen LogP contribution in [-0.2, 0) is 9.47 Å². The third kappa shape index (κ3) is 6.32. The molecule has 4 heterocycles. The quantitative estimate of drug-likeness (QED) is 0.395. The number of aromatic nitrogens is 1. The van der Waals surface area contributed by atoms with Crippen LogP contribution in [0.4, 0.5) is 5.69 Å². The van der Waals surface area contributed by atoms with E-state index in [2.05, 4.69) is 33.4 Å². The van der Waals surface area contributed by atoms with E-state index in [0.29, 0.717) is 12.0 Å². The maximum absolute atomic E-state index is 6.24. The van der Waals surface area contributed by atoms with E-state index in [9.17, 15) is 0 Å². The summed E-state index contributed by atoms with van der Waals surface area (Å²) in [7, 11) is 0. The zero-order valence-electron chi connectivity index (χ0n) is 21.3. The molecule has 3 aromatic rings. The van der Waals surface area contributed by atoms with Gasteiger partial charge in [-0.3, -0.25) is 9.89 Å². The number of para-hydroxylation sites is 1. The van der Waals surface area contributed by atoms with E-state index >= 15 is 0 Å². The number of H-pyrrole nitrogens is 1. The minimum absolute atomic E-state index is 0.373. The van der Waals surface area contributed by atoms with Crippen molar-refractivity contribution in [1.29, 1.82) is 0 Å². The summed E-state index contributed by atoms with van der Waals surface area (Å²) in [6, 6.07) is 16.8. The predicted molar refractivity (Wildman–Crippen MR) is 152 cm³/mol. The molecule has 0 amide bonds. The molecule has 2 N–H and O–H groups in total. The minimum atomic E-state index is 0.373. The molecule has 8 heteroatoms. The normalized spacial score (nSPS) is 21.3. The molecule has 3 aliphatic heterocycles. The van der Waals surface area contributed by atoms with E-state index in [1.54, 1.807) is 0 Å². The second kappa shape index (κ2) is 11.9. The van der Waals surface area contributed by atoms with Crippen LogP contribution in [0.2, 0.25) is 0 Å². The maximum Gasteiger partial charge on any atom is 0.130 e. The first-order chi connectivity index (χ1) is 18.3. The Bertz CT molecular complexity index is 1200. The van der Waals surface area contributed by atoms with E-state index in [0.717, 1.165) is 116 Å². The van der Waals surface area contributed by atoms with Gasteiger partial charge in [0.05, 0.1) is 36.2 Å². The standard InChI is InChI=1S/C29H36N4O3S/c1-2-4-24(5-3-1)36-25-16-22-17-27(29-31-23(20-37-29)6-9-33-10-14-35-15-11-33)32-28(22)26(18-25)30-19-21-7-12-34-13-8-21/h1-5,16-18,21,23,30,32H,6-15,19-20H2/t23-/m0/s1. The number of hydrogen-bond acceptors (Lipinski definition) is 7. The Morgan fingerprint density at radius 2 is 1.81 bits per heavy atom. The molecule has 0 bridgehead atoms. The summed E-state index contributed by atoms with van der Waals surface area (Å²) in [4.78, 5) is 11.3. The van der Waals surface area contributed by atoms with Gasteiger partial charge in [-0.1, -0.05) is 18.2 Å². The van der Waals surface area contributed by atoms with Crippen LogP contribution in [0.5, 0.6) is 11.5 Å². The number of aromatic amines is 1. The predicted octanol–water partition coefficient (Wildman–Crippen LogP) is 5.38. The van der Waals surface area contributed by atoms with Crippen molar-refractivity contribution < 1.29 is 14.2 Å². The number of thioether (sulfide) groups is 1. The molecule has 2 saturated heterocycles. The van der Waals surface area contributed by atoms with Gasteiger partial charge < -0.3 is 24.5 Å². The van der Waals surface area contributed by atoms with Gasteiger partial charge in [0.15, 0.2) is 0 Å². The second-order valence-electron chi connectivity index (χ2n) is 10.1. The molecule has 0 radical (unpaired) electrons. The fraction of sp³-hybridized carbons (Fsp3) is 0.483. The van der Waals surface area contributed by atoms with E-state index in [-0.39, 0.29) is 0 Å². The summed E-state index contributed by atoms with van der Waals surface area (Å²) in [6.07, 6.45) is 3.31. The highest BCUT2D eigenvalue weighted by Crippen LogP contribution is 2.35. The lowest BCUT2D eigenvalue weighted by molar-refractivity contribution is 0.0369. The van der Waals surface area contributed by atoms with Crippen LogP contribution in [0.1, 0.15) is 25.0 Å². The Hall–Kier alpha value is -2.52. The van der Waals surface area contributed by atoms with Crippen LogP contribution in [0, 0.1) is 5.92 Å². The van der Waals surface area contributed by atoms with Crippen molar-refractivity contribution in [3.05, 3.63) is 54.2 Å². The fourth-order valence-corrected chi connectivity index (χ4v) is 6.31. The summed E-state index contributed by atoms with van der Waals surface area (Å²) in [5.74, 6) is 3.35. The zero-order chi connectivity index (χ0) is 24.9. The van der Waals surface area contributed by atoms with E-state index in [1.165, 1.54) is 0 Å². The van der Waals surface area contributed by atoms with Crippen LogP contribution in [-0.4, -0.2) is 79.3 Å². The molecule has 2 aromatic carbocycles. The lowest BCUT2D eigenvalue weighted by atomic mass is 10.0. The zero-order valence-corrected chi connectivity index (χ0v) is 22.1. The highest BCUT2D eigenvalue weighted by molar-refractivity contribution is 8.14. The molecular formula is C29H36N4O3S. The average Bonchev–Trinajstić information content (AvgIpc) is 3.60. The Balaban J connectivity index is 1.21. The number of hydrogen-bond donors (Lipinski definition) is 2. The number of nitrogens with zero attached hydrogens (tertiary/aromatic N) is 2. The smallest absolute Gasteiger partial charge is 0.130 e. The molecule has 0 spiro atoms. The van der Waals surface area contributed by atoms with Gasteiger partial charge in [-0.15, -0.1) is 11.8 Å². The van der Waals surface area contributed by atoms with Crippen molar-refractivity contribution in [2.24, 2.45) is 10.9 Å². The number of benzene rings is 2. The summed E-state index contributed by atoms with van der Waals surface area (Å²) in [6.45, 7) is 7.52. The van der Waals surface area contributed by atoms with Gasteiger partial charge in [-0.25, -0.2) is 0 Å². The largest absolute Gasteiger partial charge is 0.457 e. The third-order valence-electron chi connectivity index (χ3n) is 7.43. The van der Waals surface area contributed by atoms with Crippen molar-refractivity contribution >= 4 is 33.4 Å².